The normalized spacial score (nSPS) is 15.5. The van der Waals surface area contributed by atoms with Crippen LogP contribution in [0.3, 0.4) is 0 Å². The molecule has 1 saturated carbocycles. The molecule has 21 heavy (non-hydrogen) atoms. The molecule has 1 heterocycles. The van der Waals surface area contributed by atoms with E-state index in [1.54, 1.807) is 11.3 Å². The summed E-state index contributed by atoms with van der Waals surface area (Å²) in [5.74, 6) is -0.870. The molecule has 5 nitrogen and oxygen atoms in total. The molecule has 1 aromatic heterocycles. The SMILES string of the molecule is CCCC(CC(=O)O)NC(=O)N(Cc1cccs1)C1CC1. The van der Waals surface area contributed by atoms with E-state index in [1.165, 1.54) is 0 Å². The lowest BCUT2D eigenvalue weighted by Crippen LogP contribution is -2.46. The van der Waals surface area contributed by atoms with Gasteiger partial charge in [0.05, 0.1) is 13.0 Å². The number of rotatable bonds is 8. The average molecular weight is 310 g/mol. The van der Waals surface area contributed by atoms with Gasteiger partial charge in [0.1, 0.15) is 0 Å². The van der Waals surface area contributed by atoms with E-state index in [9.17, 15) is 9.59 Å². The van der Waals surface area contributed by atoms with Gasteiger partial charge in [0, 0.05) is 17.0 Å². The molecule has 1 unspecified atom stereocenters. The number of urea groups is 1. The maximum atomic E-state index is 12.4. The number of hydrogen-bond acceptors (Lipinski definition) is 3. The first-order chi connectivity index (χ1) is 10.1. The number of thiophene rings is 1. The molecule has 0 radical (unpaired) electrons. The smallest absolute Gasteiger partial charge is 0.318 e. The van der Waals surface area contributed by atoms with Gasteiger partial charge in [-0.05, 0) is 30.7 Å². The molecule has 1 aliphatic carbocycles. The molecule has 1 aromatic rings. The highest BCUT2D eigenvalue weighted by molar-refractivity contribution is 7.09. The zero-order valence-corrected chi connectivity index (χ0v) is 13.1. The number of hydrogen-bond donors (Lipinski definition) is 2. The Bertz CT molecular complexity index is 471. The standard InChI is InChI=1S/C15H22N2O3S/c1-2-4-11(9-14(18)19)16-15(20)17(12-6-7-12)10-13-5-3-8-21-13/h3,5,8,11-12H,2,4,6-7,9-10H2,1H3,(H,16,20)(H,18,19). The number of nitrogens with one attached hydrogen (secondary N) is 1. The first kappa shape index (κ1) is 15.8. The lowest BCUT2D eigenvalue weighted by Gasteiger charge is -2.25. The molecule has 0 aliphatic heterocycles. The van der Waals surface area contributed by atoms with Crippen LogP contribution in [0.2, 0.25) is 0 Å². The van der Waals surface area contributed by atoms with Crippen LogP contribution in [0.1, 0.15) is 43.9 Å². The van der Waals surface area contributed by atoms with Gasteiger partial charge in [0.25, 0.3) is 0 Å². The Morgan fingerprint density at radius 1 is 1.52 bits per heavy atom. The van der Waals surface area contributed by atoms with Gasteiger partial charge >= 0.3 is 12.0 Å². The van der Waals surface area contributed by atoms with Crippen LogP contribution in [-0.2, 0) is 11.3 Å². The molecular weight excluding hydrogens is 288 g/mol. The predicted octanol–water partition coefficient (Wildman–Crippen LogP) is 3.07. The Hall–Kier alpha value is -1.56. The van der Waals surface area contributed by atoms with Crippen molar-refractivity contribution in [3.05, 3.63) is 22.4 Å². The highest BCUT2D eigenvalue weighted by atomic mass is 32.1. The van der Waals surface area contributed by atoms with Crippen LogP contribution < -0.4 is 5.32 Å². The third kappa shape index (κ3) is 5.04. The van der Waals surface area contributed by atoms with Crippen molar-refractivity contribution in [2.45, 2.75) is 57.7 Å². The van der Waals surface area contributed by atoms with Crippen LogP contribution >= 0.6 is 11.3 Å². The minimum absolute atomic E-state index is 0.0168. The summed E-state index contributed by atoms with van der Waals surface area (Å²) < 4.78 is 0. The lowest BCUT2D eigenvalue weighted by atomic mass is 10.1. The van der Waals surface area contributed by atoms with Gasteiger partial charge in [-0.1, -0.05) is 19.4 Å². The second-order valence-corrected chi connectivity index (χ2v) is 6.50. The Morgan fingerprint density at radius 3 is 2.81 bits per heavy atom. The Kier molecular flexibility index (Phi) is 5.61. The number of nitrogens with zero attached hydrogens (tertiary/aromatic N) is 1. The van der Waals surface area contributed by atoms with Crippen LogP contribution in [0.5, 0.6) is 0 Å². The largest absolute Gasteiger partial charge is 0.481 e. The molecule has 2 N–H and O–H groups in total. The van der Waals surface area contributed by atoms with Crippen molar-refractivity contribution in [3.8, 4) is 0 Å². The first-order valence-corrected chi connectivity index (χ1v) is 8.29. The van der Waals surface area contributed by atoms with Gasteiger partial charge < -0.3 is 15.3 Å². The molecule has 1 fully saturated rings. The van der Waals surface area contributed by atoms with E-state index in [0.29, 0.717) is 19.0 Å². The monoisotopic (exact) mass is 310 g/mol. The number of carbonyl (C=O) groups excluding carboxylic acids is 1. The molecular formula is C15H22N2O3S. The molecule has 1 aliphatic rings. The van der Waals surface area contributed by atoms with Crippen molar-refractivity contribution in [1.82, 2.24) is 10.2 Å². The van der Waals surface area contributed by atoms with Gasteiger partial charge in [-0.2, -0.15) is 0 Å². The summed E-state index contributed by atoms with van der Waals surface area (Å²) in [6.45, 7) is 2.60. The topological polar surface area (TPSA) is 69.6 Å². The second kappa shape index (κ2) is 7.45. The lowest BCUT2D eigenvalue weighted by molar-refractivity contribution is -0.137. The zero-order chi connectivity index (χ0) is 15.2. The van der Waals surface area contributed by atoms with Gasteiger partial charge in [0.15, 0.2) is 0 Å². The van der Waals surface area contributed by atoms with Crippen molar-refractivity contribution >= 4 is 23.3 Å². The van der Waals surface area contributed by atoms with Crippen molar-refractivity contribution in [2.24, 2.45) is 0 Å². The Morgan fingerprint density at radius 2 is 2.29 bits per heavy atom. The third-order valence-corrected chi connectivity index (χ3v) is 4.40. The fraction of sp³-hybridized carbons (Fsp3) is 0.600. The van der Waals surface area contributed by atoms with Crippen LogP contribution in [0.15, 0.2) is 17.5 Å². The van der Waals surface area contributed by atoms with Crippen molar-refractivity contribution in [3.63, 3.8) is 0 Å². The Labute approximate surface area is 129 Å². The molecule has 0 spiro atoms. The van der Waals surface area contributed by atoms with Crippen molar-refractivity contribution < 1.29 is 14.7 Å². The fourth-order valence-corrected chi connectivity index (χ4v) is 3.07. The van der Waals surface area contributed by atoms with Crippen molar-refractivity contribution in [2.75, 3.05) is 0 Å². The average Bonchev–Trinajstić information content (AvgIpc) is 3.12. The summed E-state index contributed by atoms with van der Waals surface area (Å²) in [5, 5.41) is 13.8. The minimum atomic E-state index is -0.870. The van der Waals surface area contributed by atoms with Crippen LogP contribution in [0.25, 0.3) is 0 Å². The van der Waals surface area contributed by atoms with E-state index in [0.717, 1.165) is 24.1 Å². The second-order valence-electron chi connectivity index (χ2n) is 5.47. The zero-order valence-electron chi connectivity index (χ0n) is 12.2. The minimum Gasteiger partial charge on any atom is -0.481 e. The number of carboxylic acids is 1. The summed E-state index contributed by atoms with van der Waals surface area (Å²) in [6.07, 6.45) is 3.60. The van der Waals surface area contributed by atoms with E-state index >= 15 is 0 Å². The van der Waals surface area contributed by atoms with Gasteiger partial charge in [-0.25, -0.2) is 4.79 Å². The number of amides is 2. The van der Waals surface area contributed by atoms with E-state index < -0.39 is 5.97 Å². The fourth-order valence-electron chi connectivity index (χ4n) is 2.37. The molecule has 0 saturated heterocycles. The van der Waals surface area contributed by atoms with E-state index in [4.69, 9.17) is 5.11 Å². The predicted molar refractivity (Wildman–Crippen MR) is 82.4 cm³/mol. The van der Waals surface area contributed by atoms with Crippen molar-refractivity contribution in [1.29, 1.82) is 0 Å². The van der Waals surface area contributed by atoms with E-state index in [-0.39, 0.29) is 18.5 Å². The molecule has 2 rings (SSSR count). The summed E-state index contributed by atoms with van der Waals surface area (Å²) in [5.41, 5.74) is 0. The molecule has 1 atom stereocenters. The number of aliphatic carboxylic acids is 1. The first-order valence-electron chi connectivity index (χ1n) is 7.41. The molecule has 0 aromatic carbocycles. The Balaban J connectivity index is 1.95. The van der Waals surface area contributed by atoms with E-state index in [2.05, 4.69) is 5.32 Å². The summed E-state index contributed by atoms with van der Waals surface area (Å²) in [6, 6.07) is 3.89. The quantitative estimate of drug-likeness (QED) is 0.775. The summed E-state index contributed by atoms with van der Waals surface area (Å²) in [4.78, 5) is 26.3. The highest BCUT2D eigenvalue weighted by Gasteiger charge is 2.33. The van der Waals surface area contributed by atoms with Crippen LogP contribution in [0, 0.1) is 0 Å². The molecule has 2 amide bonds. The van der Waals surface area contributed by atoms with Crippen LogP contribution in [-0.4, -0.2) is 34.1 Å². The summed E-state index contributed by atoms with van der Waals surface area (Å²) in [7, 11) is 0. The van der Waals surface area contributed by atoms with Gasteiger partial charge in [-0.15, -0.1) is 11.3 Å². The number of carboxylic acid groups (broad SMARTS) is 1. The molecule has 0 bridgehead atoms. The summed E-state index contributed by atoms with van der Waals surface area (Å²) >= 11 is 1.64. The van der Waals surface area contributed by atoms with Gasteiger partial charge in [0.2, 0.25) is 0 Å². The maximum absolute atomic E-state index is 12.4. The maximum Gasteiger partial charge on any atom is 0.318 e. The van der Waals surface area contributed by atoms with E-state index in [1.807, 2.05) is 29.3 Å². The van der Waals surface area contributed by atoms with Gasteiger partial charge in [-0.3, -0.25) is 4.79 Å². The molecule has 6 heteroatoms. The van der Waals surface area contributed by atoms with Crippen LogP contribution in [0.4, 0.5) is 4.79 Å². The third-order valence-electron chi connectivity index (χ3n) is 3.54. The number of carbonyl (C=O) groups is 2. The molecule has 116 valence electrons. The highest BCUT2D eigenvalue weighted by Crippen LogP contribution is 2.29.